The molecule has 0 aromatic rings. The molecule has 0 bridgehead atoms. The number of ether oxygens (including phenoxy) is 1. The quantitative estimate of drug-likeness (QED) is 0.378. The lowest BCUT2D eigenvalue weighted by Crippen LogP contribution is -1.96. The van der Waals surface area contributed by atoms with Crippen molar-refractivity contribution in [3.8, 4) is 0 Å². The Morgan fingerprint density at radius 1 is 1.33 bits per heavy atom. The van der Waals surface area contributed by atoms with Crippen molar-refractivity contribution in [2.75, 3.05) is 0 Å². The Balaban J connectivity index is 3.77. The number of carbonyl (C=O) groups excluding carboxylic acids is 1. The predicted molar refractivity (Wildman–Crippen MR) is 63.4 cm³/mol. The van der Waals surface area contributed by atoms with Gasteiger partial charge in [-0.05, 0) is 31.3 Å². The van der Waals surface area contributed by atoms with Gasteiger partial charge < -0.3 is 4.74 Å². The van der Waals surface area contributed by atoms with Gasteiger partial charge in [-0.1, -0.05) is 32.9 Å². The van der Waals surface area contributed by atoms with Crippen molar-refractivity contribution in [1.82, 2.24) is 0 Å². The molecule has 0 aliphatic carbocycles. The van der Waals surface area contributed by atoms with Gasteiger partial charge in [0.15, 0.2) is 0 Å². The lowest BCUT2D eigenvalue weighted by atomic mass is 10.1. The Morgan fingerprint density at radius 2 is 2.00 bits per heavy atom. The fraction of sp³-hybridized carbons (Fsp3) is 0.615. The molecule has 0 heterocycles. The molecule has 0 aliphatic heterocycles. The SMILES string of the molecule is CCC(=O)O/C=C(\C)C/C=C/CC(C)C. The zero-order valence-corrected chi connectivity index (χ0v) is 10.2. The van der Waals surface area contributed by atoms with E-state index in [1.807, 2.05) is 6.92 Å². The first-order valence-corrected chi connectivity index (χ1v) is 5.56. The Morgan fingerprint density at radius 3 is 2.53 bits per heavy atom. The lowest BCUT2D eigenvalue weighted by molar-refractivity contribution is -0.137. The van der Waals surface area contributed by atoms with E-state index in [9.17, 15) is 4.79 Å². The highest BCUT2D eigenvalue weighted by atomic mass is 16.5. The standard InChI is InChI=1S/C13H22O2/c1-5-13(14)15-10-12(4)9-7-6-8-11(2)3/h6-7,10-11H,5,8-9H2,1-4H3/b7-6+,12-10+. The summed E-state index contributed by atoms with van der Waals surface area (Å²) < 4.78 is 4.90. The molecule has 0 saturated carbocycles. The maximum absolute atomic E-state index is 10.9. The molecular weight excluding hydrogens is 188 g/mol. The summed E-state index contributed by atoms with van der Waals surface area (Å²) in [6.07, 6.45) is 8.21. The molecule has 0 aromatic carbocycles. The van der Waals surface area contributed by atoms with Crippen LogP contribution in [0.1, 0.15) is 47.0 Å². The molecule has 0 rings (SSSR count). The average molecular weight is 210 g/mol. The van der Waals surface area contributed by atoms with Crippen molar-refractivity contribution >= 4 is 5.97 Å². The molecule has 0 saturated heterocycles. The van der Waals surface area contributed by atoms with Crippen LogP contribution in [0, 0.1) is 5.92 Å². The number of esters is 1. The van der Waals surface area contributed by atoms with Gasteiger partial charge in [-0.15, -0.1) is 0 Å². The highest BCUT2D eigenvalue weighted by Gasteiger charge is 1.95. The van der Waals surface area contributed by atoms with Gasteiger partial charge in [0.05, 0.1) is 6.26 Å². The Labute approximate surface area is 93.0 Å². The van der Waals surface area contributed by atoms with E-state index in [4.69, 9.17) is 4.74 Å². The average Bonchev–Trinajstić information content (AvgIpc) is 2.20. The second-order valence-corrected chi connectivity index (χ2v) is 4.11. The molecule has 0 amide bonds. The normalized spacial score (nSPS) is 12.5. The van der Waals surface area contributed by atoms with Gasteiger partial charge in [-0.2, -0.15) is 0 Å². The third-order valence-corrected chi connectivity index (χ3v) is 1.89. The molecule has 0 aromatic heterocycles. The monoisotopic (exact) mass is 210 g/mol. The van der Waals surface area contributed by atoms with Gasteiger partial charge >= 0.3 is 5.97 Å². The summed E-state index contributed by atoms with van der Waals surface area (Å²) in [7, 11) is 0. The molecular formula is C13H22O2. The van der Waals surface area contributed by atoms with E-state index in [1.165, 1.54) is 0 Å². The number of rotatable bonds is 6. The molecule has 0 aliphatic rings. The zero-order chi connectivity index (χ0) is 11.7. The van der Waals surface area contributed by atoms with Gasteiger partial charge in [0.1, 0.15) is 0 Å². The summed E-state index contributed by atoms with van der Waals surface area (Å²) in [5.74, 6) is 0.518. The van der Waals surface area contributed by atoms with Crippen molar-refractivity contribution in [2.24, 2.45) is 5.92 Å². The molecule has 2 heteroatoms. The van der Waals surface area contributed by atoms with Crippen molar-refractivity contribution < 1.29 is 9.53 Å². The first-order valence-electron chi connectivity index (χ1n) is 5.56. The minimum atomic E-state index is -0.180. The molecule has 86 valence electrons. The molecule has 15 heavy (non-hydrogen) atoms. The van der Waals surface area contributed by atoms with Crippen molar-refractivity contribution in [3.05, 3.63) is 24.0 Å². The predicted octanol–water partition coefficient (Wildman–Crippen LogP) is 3.84. The van der Waals surface area contributed by atoms with Crippen LogP contribution < -0.4 is 0 Å². The van der Waals surface area contributed by atoms with Gasteiger partial charge in [-0.25, -0.2) is 0 Å². The summed E-state index contributed by atoms with van der Waals surface area (Å²) in [6, 6.07) is 0. The van der Waals surface area contributed by atoms with E-state index < -0.39 is 0 Å². The number of allylic oxidation sites excluding steroid dienone is 3. The largest absolute Gasteiger partial charge is 0.435 e. The topological polar surface area (TPSA) is 26.3 Å². The van der Waals surface area contributed by atoms with Gasteiger partial charge in [0, 0.05) is 6.42 Å². The van der Waals surface area contributed by atoms with Crippen LogP contribution in [0.5, 0.6) is 0 Å². The summed E-state index contributed by atoms with van der Waals surface area (Å²) in [5.41, 5.74) is 1.07. The van der Waals surface area contributed by atoms with Gasteiger partial charge in [0.25, 0.3) is 0 Å². The number of hydrogen-bond donors (Lipinski definition) is 0. The molecule has 0 atom stereocenters. The molecule has 0 unspecified atom stereocenters. The second kappa shape index (κ2) is 8.27. The fourth-order valence-electron chi connectivity index (χ4n) is 0.935. The van der Waals surface area contributed by atoms with Crippen molar-refractivity contribution in [1.29, 1.82) is 0 Å². The van der Waals surface area contributed by atoms with Gasteiger partial charge in [0.2, 0.25) is 0 Å². The highest BCUT2D eigenvalue weighted by molar-refractivity contribution is 5.69. The van der Waals surface area contributed by atoms with E-state index in [1.54, 1.807) is 13.2 Å². The Bertz CT molecular complexity index is 237. The molecule has 0 N–H and O–H groups in total. The molecule has 0 fully saturated rings. The lowest BCUT2D eigenvalue weighted by Gasteiger charge is -1.99. The van der Waals surface area contributed by atoms with Crippen LogP contribution in [0.15, 0.2) is 24.0 Å². The minimum Gasteiger partial charge on any atom is -0.435 e. The summed E-state index contributed by atoms with van der Waals surface area (Å²) >= 11 is 0. The summed E-state index contributed by atoms with van der Waals surface area (Å²) in [6.45, 7) is 8.13. The Hall–Kier alpha value is -1.05. The van der Waals surface area contributed by atoms with Crippen LogP contribution in [-0.2, 0) is 9.53 Å². The summed E-state index contributed by atoms with van der Waals surface area (Å²) in [4.78, 5) is 10.9. The number of carbonyl (C=O) groups is 1. The van der Waals surface area contributed by atoms with Crippen LogP contribution >= 0.6 is 0 Å². The van der Waals surface area contributed by atoms with E-state index >= 15 is 0 Å². The fourth-order valence-corrected chi connectivity index (χ4v) is 0.935. The Kier molecular flexibility index (Phi) is 7.69. The van der Waals surface area contributed by atoms with E-state index in [2.05, 4.69) is 26.0 Å². The van der Waals surface area contributed by atoms with Crippen LogP contribution in [0.4, 0.5) is 0 Å². The zero-order valence-electron chi connectivity index (χ0n) is 10.2. The third-order valence-electron chi connectivity index (χ3n) is 1.89. The molecule has 0 spiro atoms. The maximum Gasteiger partial charge on any atom is 0.310 e. The van der Waals surface area contributed by atoms with Crippen molar-refractivity contribution in [2.45, 2.75) is 47.0 Å². The first-order chi connectivity index (χ1) is 7.06. The third kappa shape index (κ3) is 9.26. The highest BCUT2D eigenvalue weighted by Crippen LogP contribution is 2.05. The van der Waals surface area contributed by atoms with Crippen LogP contribution in [0.3, 0.4) is 0 Å². The van der Waals surface area contributed by atoms with E-state index in [0.29, 0.717) is 12.3 Å². The first kappa shape index (κ1) is 13.9. The van der Waals surface area contributed by atoms with Crippen LogP contribution in [0.25, 0.3) is 0 Å². The number of hydrogen-bond acceptors (Lipinski definition) is 2. The molecule has 2 nitrogen and oxygen atoms in total. The van der Waals surface area contributed by atoms with Crippen LogP contribution in [0.2, 0.25) is 0 Å². The van der Waals surface area contributed by atoms with Crippen LogP contribution in [-0.4, -0.2) is 5.97 Å². The van der Waals surface area contributed by atoms with E-state index in [-0.39, 0.29) is 5.97 Å². The van der Waals surface area contributed by atoms with E-state index in [0.717, 1.165) is 18.4 Å². The summed E-state index contributed by atoms with van der Waals surface area (Å²) in [5, 5.41) is 0. The maximum atomic E-state index is 10.9. The van der Waals surface area contributed by atoms with Crippen molar-refractivity contribution in [3.63, 3.8) is 0 Å². The molecule has 0 radical (unpaired) electrons. The minimum absolute atomic E-state index is 0.180. The van der Waals surface area contributed by atoms with Gasteiger partial charge in [-0.3, -0.25) is 4.79 Å². The second-order valence-electron chi connectivity index (χ2n) is 4.11. The smallest absolute Gasteiger partial charge is 0.310 e.